The third kappa shape index (κ3) is 1.40. The second-order valence-electron chi connectivity index (χ2n) is 2.77. The Morgan fingerprint density at radius 2 is 2.15 bits per heavy atom. The van der Waals surface area contributed by atoms with Crippen LogP contribution in [0.1, 0.15) is 11.5 Å². The van der Waals surface area contributed by atoms with Crippen LogP contribution in [0.15, 0.2) is 12.3 Å². The van der Waals surface area contributed by atoms with Crippen LogP contribution in [0.4, 0.5) is 0 Å². The molecule has 5 nitrogen and oxygen atoms in total. The van der Waals surface area contributed by atoms with Gasteiger partial charge in [0.15, 0.2) is 5.82 Å². The van der Waals surface area contributed by atoms with Gasteiger partial charge in [0.1, 0.15) is 5.82 Å². The van der Waals surface area contributed by atoms with Crippen LogP contribution >= 0.6 is 0 Å². The van der Waals surface area contributed by atoms with Crippen molar-refractivity contribution >= 4 is 0 Å². The number of rotatable bonds is 1. The lowest BCUT2D eigenvalue weighted by molar-refractivity contribution is 0.975. The van der Waals surface area contributed by atoms with Gasteiger partial charge in [-0.3, -0.25) is 5.10 Å². The first-order chi connectivity index (χ1) is 6.27. The second kappa shape index (κ2) is 2.93. The van der Waals surface area contributed by atoms with Crippen molar-refractivity contribution in [3.8, 4) is 11.4 Å². The Labute approximate surface area is 75.2 Å². The van der Waals surface area contributed by atoms with Gasteiger partial charge in [-0.15, -0.1) is 0 Å². The molecule has 1 N–H and O–H groups in total. The molecule has 0 aliphatic carbocycles. The molecule has 0 saturated heterocycles. The molecule has 2 aromatic rings. The Morgan fingerprint density at radius 3 is 2.77 bits per heavy atom. The van der Waals surface area contributed by atoms with Crippen molar-refractivity contribution in [2.75, 3.05) is 0 Å². The molecule has 0 fully saturated rings. The topological polar surface area (TPSA) is 67.3 Å². The van der Waals surface area contributed by atoms with Crippen LogP contribution in [0.5, 0.6) is 0 Å². The van der Waals surface area contributed by atoms with Crippen LogP contribution < -0.4 is 0 Å². The monoisotopic (exact) mass is 175 g/mol. The van der Waals surface area contributed by atoms with E-state index in [0.717, 1.165) is 17.1 Å². The van der Waals surface area contributed by atoms with Gasteiger partial charge < -0.3 is 0 Å². The molecule has 0 aromatic carbocycles. The summed E-state index contributed by atoms with van der Waals surface area (Å²) in [7, 11) is 0. The predicted octanol–water partition coefficient (Wildman–Crippen LogP) is 0.879. The zero-order chi connectivity index (χ0) is 9.26. The quantitative estimate of drug-likeness (QED) is 0.698. The van der Waals surface area contributed by atoms with Crippen molar-refractivity contribution in [1.82, 2.24) is 25.4 Å². The summed E-state index contributed by atoms with van der Waals surface area (Å²) in [5, 5.41) is 14.5. The average molecular weight is 175 g/mol. The molecule has 0 amide bonds. The van der Waals surface area contributed by atoms with Gasteiger partial charge in [-0.25, -0.2) is 4.98 Å². The van der Waals surface area contributed by atoms with Crippen molar-refractivity contribution in [2.45, 2.75) is 13.8 Å². The Kier molecular flexibility index (Phi) is 1.77. The number of aryl methyl sites for hydroxylation is 2. The van der Waals surface area contributed by atoms with E-state index < -0.39 is 0 Å². The second-order valence-corrected chi connectivity index (χ2v) is 2.77. The summed E-state index contributed by atoms with van der Waals surface area (Å²) >= 11 is 0. The van der Waals surface area contributed by atoms with E-state index in [-0.39, 0.29) is 0 Å². The molecule has 0 bridgehead atoms. The van der Waals surface area contributed by atoms with Gasteiger partial charge in [-0.2, -0.15) is 15.3 Å². The highest BCUT2D eigenvalue weighted by molar-refractivity contribution is 5.56. The predicted molar refractivity (Wildman–Crippen MR) is 46.9 cm³/mol. The zero-order valence-electron chi connectivity index (χ0n) is 7.44. The summed E-state index contributed by atoms with van der Waals surface area (Å²) < 4.78 is 0. The van der Waals surface area contributed by atoms with Gasteiger partial charge in [-0.05, 0) is 19.9 Å². The number of nitrogens with one attached hydrogen (secondary N) is 1. The Bertz CT molecular complexity index is 420. The third-order valence-electron chi connectivity index (χ3n) is 1.74. The molecule has 0 unspecified atom stereocenters. The van der Waals surface area contributed by atoms with E-state index in [1.54, 1.807) is 6.20 Å². The summed E-state index contributed by atoms with van der Waals surface area (Å²) in [5.74, 6) is 1.47. The van der Waals surface area contributed by atoms with Gasteiger partial charge in [0, 0.05) is 5.56 Å². The number of hydrogen-bond acceptors (Lipinski definition) is 4. The minimum atomic E-state index is 0.671. The number of H-pyrrole nitrogens is 1. The van der Waals surface area contributed by atoms with Crippen LogP contribution in [-0.4, -0.2) is 25.4 Å². The van der Waals surface area contributed by atoms with Crippen LogP contribution in [0.2, 0.25) is 0 Å². The Balaban J connectivity index is 2.52. The first-order valence-electron chi connectivity index (χ1n) is 3.95. The van der Waals surface area contributed by atoms with E-state index in [0.29, 0.717) is 5.82 Å². The summed E-state index contributed by atoms with van der Waals surface area (Å²) in [6.45, 7) is 3.74. The summed E-state index contributed by atoms with van der Waals surface area (Å²) in [6.07, 6.45) is 1.63. The summed E-state index contributed by atoms with van der Waals surface area (Å²) in [5.41, 5.74) is 1.75. The molecular weight excluding hydrogens is 166 g/mol. The maximum Gasteiger partial charge on any atom is 0.183 e. The Hall–Kier alpha value is -1.78. The standard InChI is InChI=1S/C8H9N5/c1-5-7(3-4-9-11-5)8-10-6(2)12-13-8/h3-4H,1-2H3,(H,10,12,13). The summed E-state index contributed by atoms with van der Waals surface area (Å²) in [4.78, 5) is 4.21. The van der Waals surface area contributed by atoms with Gasteiger partial charge in [0.25, 0.3) is 0 Å². The fourth-order valence-electron chi connectivity index (χ4n) is 1.10. The maximum absolute atomic E-state index is 4.21. The first-order valence-corrected chi connectivity index (χ1v) is 3.95. The molecule has 0 aliphatic rings. The normalized spacial score (nSPS) is 10.3. The lowest BCUT2D eigenvalue weighted by Crippen LogP contribution is -1.91. The first kappa shape index (κ1) is 7.85. The largest absolute Gasteiger partial charge is 0.263 e. The SMILES string of the molecule is Cc1nc(-c2ccnnc2C)n[nH]1. The number of hydrogen-bond donors (Lipinski definition) is 1. The van der Waals surface area contributed by atoms with Crippen molar-refractivity contribution in [2.24, 2.45) is 0 Å². The molecule has 5 heteroatoms. The maximum atomic E-state index is 4.21. The fraction of sp³-hybridized carbons (Fsp3) is 0.250. The minimum absolute atomic E-state index is 0.671. The lowest BCUT2D eigenvalue weighted by atomic mass is 10.2. The molecule has 66 valence electrons. The molecule has 0 spiro atoms. The minimum Gasteiger partial charge on any atom is -0.263 e. The van der Waals surface area contributed by atoms with E-state index >= 15 is 0 Å². The number of nitrogens with zero attached hydrogens (tertiary/aromatic N) is 4. The molecule has 13 heavy (non-hydrogen) atoms. The average Bonchev–Trinajstić information content (AvgIpc) is 2.53. The van der Waals surface area contributed by atoms with Crippen LogP contribution in [0, 0.1) is 13.8 Å². The van der Waals surface area contributed by atoms with Crippen molar-refractivity contribution in [3.05, 3.63) is 23.8 Å². The molecule has 0 saturated carbocycles. The number of aromatic nitrogens is 5. The molecule has 0 radical (unpaired) electrons. The van der Waals surface area contributed by atoms with Gasteiger partial charge >= 0.3 is 0 Å². The molecule has 0 aliphatic heterocycles. The molecular formula is C8H9N5. The van der Waals surface area contributed by atoms with Crippen molar-refractivity contribution < 1.29 is 0 Å². The van der Waals surface area contributed by atoms with Crippen molar-refractivity contribution in [1.29, 1.82) is 0 Å². The van der Waals surface area contributed by atoms with E-state index in [1.807, 2.05) is 19.9 Å². The van der Waals surface area contributed by atoms with Crippen molar-refractivity contribution in [3.63, 3.8) is 0 Å². The molecule has 2 aromatic heterocycles. The Morgan fingerprint density at radius 1 is 1.31 bits per heavy atom. The van der Waals surface area contributed by atoms with E-state index in [1.165, 1.54) is 0 Å². The molecule has 0 atom stereocenters. The fourth-order valence-corrected chi connectivity index (χ4v) is 1.10. The highest BCUT2D eigenvalue weighted by Gasteiger charge is 2.06. The molecule has 2 rings (SSSR count). The zero-order valence-corrected chi connectivity index (χ0v) is 7.44. The lowest BCUT2D eigenvalue weighted by Gasteiger charge is -1.96. The smallest absolute Gasteiger partial charge is 0.183 e. The molecule has 2 heterocycles. The number of aromatic amines is 1. The van der Waals surface area contributed by atoms with Crippen LogP contribution in [0.3, 0.4) is 0 Å². The van der Waals surface area contributed by atoms with Gasteiger partial charge in [-0.1, -0.05) is 0 Å². The summed E-state index contributed by atoms with van der Waals surface area (Å²) in [6, 6.07) is 1.85. The van der Waals surface area contributed by atoms with Crippen LogP contribution in [0.25, 0.3) is 11.4 Å². The van der Waals surface area contributed by atoms with Gasteiger partial charge in [0.05, 0.1) is 11.9 Å². The van der Waals surface area contributed by atoms with E-state index in [2.05, 4.69) is 25.4 Å². The highest BCUT2D eigenvalue weighted by atomic mass is 15.2. The van der Waals surface area contributed by atoms with E-state index in [9.17, 15) is 0 Å². The third-order valence-corrected chi connectivity index (χ3v) is 1.74. The van der Waals surface area contributed by atoms with E-state index in [4.69, 9.17) is 0 Å². The highest BCUT2D eigenvalue weighted by Crippen LogP contribution is 2.15. The van der Waals surface area contributed by atoms with Crippen LogP contribution in [-0.2, 0) is 0 Å². The van der Waals surface area contributed by atoms with Gasteiger partial charge in [0.2, 0.25) is 0 Å².